The summed E-state index contributed by atoms with van der Waals surface area (Å²) < 4.78 is 5.32. The third kappa shape index (κ3) is 3.29. The van der Waals surface area contributed by atoms with Crippen molar-refractivity contribution in [1.82, 2.24) is 19.9 Å². The van der Waals surface area contributed by atoms with Crippen LogP contribution in [0.2, 0.25) is 0 Å². The quantitative estimate of drug-likeness (QED) is 0.563. The van der Waals surface area contributed by atoms with Gasteiger partial charge in [0.1, 0.15) is 22.7 Å². The third-order valence-corrected chi connectivity index (χ3v) is 6.31. The van der Waals surface area contributed by atoms with Crippen molar-refractivity contribution in [2.45, 2.75) is 6.42 Å². The molecule has 4 heterocycles. The molecule has 0 atom stereocenters. The maximum atomic E-state index is 12.9. The van der Waals surface area contributed by atoms with Crippen LogP contribution in [-0.2, 0) is 11.2 Å². The first-order chi connectivity index (χ1) is 14.2. The van der Waals surface area contributed by atoms with E-state index in [1.54, 1.807) is 24.8 Å². The number of aromatic nitrogens is 3. The Labute approximate surface area is 171 Å². The number of piperazine rings is 1. The molecule has 1 saturated heterocycles. The predicted octanol–water partition coefficient (Wildman–Crippen LogP) is 3.07. The van der Waals surface area contributed by atoms with E-state index in [1.807, 2.05) is 34.7 Å². The van der Waals surface area contributed by atoms with Crippen molar-refractivity contribution in [3.63, 3.8) is 0 Å². The minimum Gasteiger partial charge on any atom is -0.497 e. The highest BCUT2D eigenvalue weighted by Gasteiger charge is 2.24. The lowest BCUT2D eigenvalue weighted by molar-refractivity contribution is -0.130. The van der Waals surface area contributed by atoms with E-state index in [0.717, 1.165) is 51.3 Å². The Bertz CT molecular complexity index is 1180. The smallest absolute Gasteiger partial charge is 0.227 e. The van der Waals surface area contributed by atoms with Crippen LogP contribution in [0.5, 0.6) is 5.75 Å². The molecule has 0 aliphatic carbocycles. The maximum absolute atomic E-state index is 12.9. The van der Waals surface area contributed by atoms with E-state index in [9.17, 15) is 4.79 Å². The molecule has 1 fully saturated rings. The minimum absolute atomic E-state index is 0.150. The number of hydrogen-bond donors (Lipinski definition) is 1. The van der Waals surface area contributed by atoms with Crippen LogP contribution in [0, 0.1) is 0 Å². The van der Waals surface area contributed by atoms with Gasteiger partial charge in [0.25, 0.3) is 0 Å². The van der Waals surface area contributed by atoms with E-state index in [-0.39, 0.29) is 5.91 Å². The van der Waals surface area contributed by atoms with Gasteiger partial charge in [-0.3, -0.25) is 4.79 Å². The summed E-state index contributed by atoms with van der Waals surface area (Å²) in [5, 5.41) is 4.17. The number of anilines is 1. The van der Waals surface area contributed by atoms with Gasteiger partial charge < -0.3 is 19.5 Å². The summed E-state index contributed by atoms with van der Waals surface area (Å²) in [4.78, 5) is 30.2. The van der Waals surface area contributed by atoms with Crippen molar-refractivity contribution in [2.75, 3.05) is 38.2 Å². The average molecular weight is 407 g/mol. The van der Waals surface area contributed by atoms with Crippen molar-refractivity contribution >= 4 is 44.2 Å². The number of H-pyrrole nitrogens is 1. The Kier molecular flexibility index (Phi) is 4.55. The highest BCUT2D eigenvalue weighted by Crippen LogP contribution is 2.28. The Balaban J connectivity index is 1.28. The van der Waals surface area contributed by atoms with Gasteiger partial charge >= 0.3 is 0 Å². The molecule has 29 heavy (non-hydrogen) atoms. The highest BCUT2D eigenvalue weighted by atomic mass is 32.1. The largest absolute Gasteiger partial charge is 0.497 e. The molecule has 1 aromatic carbocycles. The number of nitrogens with one attached hydrogen (secondary N) is 1. The molecule has 5 rings (SSSR count). The molecule has 1 amide bonds. The molecule has 1 N–H and O–H groups in total. The van der Waals surface area contributed by atoms with Gasteiger partial charge in [0.05, 0.1) is 18.9 Å². The lowest BCUT2D eigenvalue weighted by Crippen LogP contribution is -2.49. The summed E-state index contributed by atoms with van der Waals surface area (Å²) in [6.45, 7) is 2.94. The SMILES string of the molecule is COc1ccc2[nH]cc(CC(=O)N3CCN(c4ncnc5sccc45)CC3)c2c1. The zero-order chi connectivity index (χ0) is 19.8. The van der Waals surface area contributed by atoms with Crippen LogP contribution in [0.4, 0.5) is 5.82 Å². The maximum Gasteiger partial charge on any atom is 0.227 e. The van der Waals surface area contributed by atoms with Crippen LogP contribution >= 0.6 is 11.3 Å². The van der Waals surface area contributed by atoms with Crippen molar-refractivity contribution in [3.8, 4) is 5.75 Å². The number of carbonyl (C=O) groups excluding carboxylic acids is 1. The van der Waals surface area contributed by atoms with Gasteiger partial charge in [-0.15, -0.1) is 11.3 Å². The van der Waals surface area contributed by atoms with Gasteiger partial charge in [-0.25, -0.2) is 9.97 Å². The molecule has 0 bridgehead atoms. The summed E-state index contributed by atoms with van der Waals surface area (Å²) in [5.41, 5.74) is 2.02. The van der Waals surface area contributed by atoms with Gasteiger partial charge in [0.15, 0.2) is 0 Å². The standard InChI is InChI=1S/C21H21N5O2S/c1-28-15-2-3-18-17(11-15)14(12-22-18)10-19(27)25-5-7-26(8-6-25)20-16-4-9-29-21(16)24-13-23-20/h2-4,9,11-13,22H,5-8,10H2,1H3. The fourth-order valence-corrected chi connectivity index (χ4v) is 4.63. The number of hydrogen-bond acceptors (Lipinski definition) is 6. The molecule has 3 aromatic heterocycles. The number of methoxy groups -OCH3 is 1. The molecule has 4 aromatic rings. The van der Waals surface area contributed by atoms with Gasteiger partial charge in [-0.05, 0) is 35.2 Å². The first-order valence-corrected chi connectivity index (χ1v) is 10.5. The van der Waals surface area contributed by atoms with Crippen LogP contribution < -0.4 is 9.64 Å². The number of benzene rings is 1. The second kappa shape index (κ2) is 7.36. The number of carbonyl (C=O) groups is 1. The van der Waals surface area contributed by atoms with Crippen LogP contribution in [0.3, 0.4) is 0 Å². The lowest BCUT2D eigenvalue weighted by Gasteiger charge is -2.35. The minimum atomic E-state index is 0.150. The Morgan fingerprint density at radius 1 is 1.17 bits per heavy atom. The molecule has 0 radical (unpaired) electrons. The van der Waals surface area contributed by atoms with Gasteiger partial charge in [-0.2, -0.15) is 0 Å². The number of fused-ring (bicyclic) bond motifs is 2. The first kappa shape index (κ1) is 17.9. The van der Waals surface area contributed by atoms with Crippen LogP contribution in [0.15, 0.2) is 42.2 Å². The molecule has 8 heteroatoms. The lowest BCUT2D eigenvalue weighted by atomic mass is 10.1. The van der Waals surface area contributed by atoms with Crippen molar-refractivity contribution < 1.29 is 9.53 Å². The van der Waals surface area contributed by atoms with Crippen molar-refractivity contribution in [3.05, 3.63) is 47.7 Å². The molecular formula is C21H21N5O2S. The number of amides is 1. The monoisotopic (exact) mass is 407 g/mol. The summed E-state index contributed by atoms with van der Waals surface area (Å²) in [6.07, 6.45) is 3.93. The summed E-state index contributed by atoms with van der Waals surface area (Å²) >= 11 is 1.62. The average Bonchev–Trinajstić information content (AvgIpc) is 3.40. The molecule has 148 valence electrons. The predicted molar refractivity (Wildman–Crippen MR) is 115 cm³/mol. The molecule has 0 spiro atoms. The summed E-state index contributed by atoms with van der Waals surface area (Å²) in [7, 11) is 1.65. The Morgan fingerprint density at radius 3 is 2.86 bits per heavy atom. The second-order valence-electron chi connectivity index (χ2n) is 7.11. The Morgan fingerprint density at radius 2 is 2.03 bits per heavy atom. The van der Waals surface area contributed by atoms with Gasteiger partial charge in [0.2, 0.25) is 5.91 Å². The Hall–Kier alpha value is -3.13. The van der Waals surface area contributed by atoms with E-state index in [4.69, 9.17) is 4.74 Å². The van der Waals surface area contributed by atoms with E-state index in [0.29, 0.717) is 19.5 Å². The number of aromatic amines is 1. The van der Waals surface area contributed by atoms with Crippen LogP contribution in [-0.4, -0.2) is 59.0 Å². The number of rotatable bonds is 4. The summed E-state index contributed by atoms with van der Waals surface area (Å²) in [6, 6.07) is 7.95. The zero-order valence-electron chi connectivity index (χ0n) is 16.1. The zero-order valence-corrected chi connectivity index (χ0v) is 16.9. The highest BCUT2D eigenvalue weighted by molar-refractivity contribution is 7.16. The van der Waals surface area contributed by atoms with E-state index in [1.165, 1.54) is 0 Å². The van der Waals surface area contributed by atoms with Crippen molar-refractivity contribution in [1.29, 1.82) is 0 Å². The molecule has 7 nitrogen and oxygen atoms in total. The fraction of sp³-hybridized carbons (Fsp3) is 0.286. The second-order valence-corrected chi connectivity index (χ2v) is 8.00. The fourth-order valence-electron chi connectivity index (χ4n) is 3.90. The first-order valence-electron chi connectivity index (χ1n) is 9.58. The summed E-state index contributed by atoms with van der Waals surface area (Å²) in [5.74, 6) is 1.91. The molecule has 1 aliphatic heterocycles. The molecule has 0 unspecified atom stereocenters. The van der Waals surface area contributed by atoms with Crippen LogP contribution in [0.25, 0.3) is 21.1 Å². The molecule has 0 saturated carbocycles. The van der Waals surface area contributed by atoms with E-state index in [2.05, 4.69) is 25.9 Å². The van der Waals surface area contributed by atoms with E-state index < -0.39 is 0 Å². The normalized spacial score (nSPS) is 14.7. The van der Waals surface area contributed by atoms with Crippen LogP contribution in [0.1, 0.15) is 5.56 Å². The number of ether oxygens (including phenoxy) is 1. The van der Waals surface area contributed by atoms with Gasteiger partial charge in [-0.1, -0.05) is 0 Å². The molecule has 1 aliphatic rings. The van der Waals surface area contributed by atoms with Crippen molar-refractivity contribution in [2.24, 2.45) is 0 Å². The third-order valence-electron chi connectivity index (χ3n) is 5.49. The molecular weight excluding hydrogens is 386 g/mol. The van der Waals surface area contributed by atoms with Gasteiger partial charge in [0, 0.05) is 43.3 Å². The number of nitrogens with zero attached hydrogens (tertiary/aromatic N) is 4. The van der Waals surface area contributed by atoms with E-state index >= 15 is 0 Å². The number of thiophene rings is 1. The topological polar surface area (TPSA) is 74.4 Å².